The first-order chi connectivity index (χ1) is 12.4. The Balaban J connectivity index is 1.67. The third-order valence-electron chi connectivity index (χ3n) is 6.33. The minimum absolute atomic E-state index is 0.0604. The first kappa shape index (κ1) is 19.3. The second-order valence-corrected chi connectivity index (χ2v) is 8.19. The number of nitrogens with one attached hydrogen (secondary N) is 1. The smallest absolute Gasteiger partial charge is 0.246 e. The maximum atomic E-state index is 12.9. The van der Waals surface area contributed by atoms with Gasteiger partial charge >= 0.3 is 0 Å². The van der Waals surface area contributed by atoms with E-state index in [9.17, 15) is 9.90 Å². The Morgan fingerprint density at radius 1 is 1.38 bits per heavy atom. The zero-order valence-corrected chi connectivity index (χ0v) is 16.1. The molecule has 2 aliphatic rings. The Kier molecular flexibility index (Phi) is 5.69. The molecule has 26 heavy (non-hydrogen) atoms. The van der Waals surface area contributed by atoms with Gasteiger partial charge in [0, 0.05) is 30.7 Å². The minimum atomic E-state index is -0.684. The zero-order valence-electron chi connectivity index (χ0n) is 16.1. The predicted octanol–water partition coefficient (Wildman–Crippen LogP) is 2.31. The molecule has 1 aromatic heterocycles. The number of aromatic nitrogens is 1. The molecular weight excluding hydrogens is 334 g/mol. The molecule has 1 saturated carbocycles. The van der Waals surface area contributed by atoms with E-state index >= 15 is 0 Å². The highest BCUT2D eigenvalue weighted by Gasteiger charge is 2.40. The van der Waals surface area contributed by atoms with E-state index in [1.165, 1.54) is 0 Å². The lowest BCUT2D eigenvalue weighted by molar-refractivity contribution is -0.128. The normalized spacial score (nSPS) is 21.3. The van der Waals surface area contributed by atoms with Crippen LogP contribution in [-0.2, 0) is 14.9 Å². The largest absolute Gasteiger partial charge is 0.395 e. The third-order valence-corrected chi connectivity index (χ3v) is 6.33. The minimum Gasteiger partial charge on any atom is -0.395 e. The van der Waals surface area contributed by atoms with E-state index in [0.29, 0.717) is 11.9 Å². The van der Waals surface area contributed by atoms with Gasteiger partial charge in [-0.1, -0.05) is 18.0 Å². The molecule has 0 bridgehead atoms. The molecule has 1 aliphatic heterocycles. The lowest BCUT2D eigenvalue weighted by Gasteiger charge is -2.41. The second kappa shape index (κ2) is 7.66. The van der Waals surface area contributed by atoms with Gasteiger partial charge in [-0.15, -0.1) is 0 Å². The van der Waals surface area contributed by atoms with Crippen molar-refractivity contribution in [3.8, 4) is 0 Å². The van der Waals surface area contributed by atoms with Crippen molar-refractivity contribution in [3.05, 3.63) is 11.8 Å². The van der Waals surface area contributed by atoms with E-state index in [2.05, 4.69) is 15.4 Å². The fraction of sp³-hybridized carbons (Fsp3) is 0.789. The number of hydrogen-bond donors (Lipinski definition) is 2. The first-order valence-corrected chi connectivity index (χ1v) is 9.59. The lowest BCUT2D eigenvalue weighted by atomic mass is 9.84. The van der Waals surface area contributed by atoms with Gasteiger partial charge < -0.3 is 14.4 Å². The van der Waals surface area contributed by atoms with Crippen LogP contribution in [0.2, 0.25) is 0 Å². The highest BCUT2D eigenvalue weighted by molar-refractivity contribution is 5.96. The topological polar surface area (TPSA) is 87.8 Å². The molecule has 0 atom stereocenters. The van der Waals surface area contributed by atoms with E-state index in [1.807, 2.05) is 20.9 Å². The van der Waals surface area contributed by atoms with Crippen LogP contribution < -0.4 is 5.32 Å². The number of hydrogen-bond acceptors (Lipinski definition) is 6. The number of carbonyl (C=O) groups excluding carboxylic acids is 1. The number of amides is 1. The summed E-state index contributed by atoms with van der Waals surface area (Å²) in [5, 5.41) is 16.8. The molecule has 0 radical (unpaired) electrons. The average Bonchev–Trinajstić information content (AvgIpc) is 3.31. The van der Waals surface area contributed by atoms with Crippen LogP contribution in [0.3, 0.4) is 0 Å². The molecule has 7 heteroatoms. The summed E-state index contributed by atoms with van der Waals surface area (Å²) in [6.07, 6.45) is 5.83. The number of aliphatic hydroxyl groups excluding tert-OH is 1. The van der Waals surface area contributed by atoms with Gasteiger partial charge in [0.1, 0.15) is 0 Å². The van der Waals surface area contributed by atoms with Crippen molar-refractivity contribution in [1.29, 1.82) is 0 Å². The first-order valence-electron chi connectivity index (χ1n) is 9.59. The molecule has 1 saturated heterocycles. The Morgan fingerprint density at radius 2 is 2.04 bits per heavy atom. The Bertz CT molecular complexity index is 616. The summed E-state index contributed by atoms with van der Waals surface area (Å²) >= 11 is 0. The summed E-state index contributed by atoms with van der Waals surface area (Å²) < 4.78 is 10.8. The van der Waals surface area contributed by atoms with Crippen LogP contribution in [0.4, 0.5) is 5.88 Å². The molecule has 7 nitrogen and oxygen atoms in total. The summed E-state index contributed by atoms with van der Waals surface area (Å²) in [6, 6.07) is 2.09. The van der Waals surface area contributed by atoms with E-state index in [1.54, 1.807) is 6.07 Å². The van der Waals surface area contributed by atoms with Gasteiger partial charge in [0.25, 0.3) is 0 Å². The van der Waals surface area contributed by atoms with Crippen LogP contribution in [0.1, 0.15) is 58.1 Å². The Morgan fingerprint density at radius 3 is 2.65 bits per heavy atom. The Hall–Kier alpha value is -1.44. The number of ether oxygens (including phenoxy) is 1. The number of nitrogens with zero attached hydrogens (tertiary/aromatic N) is 2. The predicted molar refractivity (Wildman–Crippen MR) is 98.0 cm³/mol. The van der Waals surface area contributed by atoms with Gasteiger partial charge in [-0.2, -0.15) is 0 Å². The molecule has 1 aromatic rings. The summed E-state index contributed by atoms with van der Waals surface area (Å²) in [7, 11) is 1.99. The zero-order chi connectivity index (χ0) is 18.8. The van der Waals surface area contributed by atoms with E-state index in [-0.39, 0.29) is 17.9 Å². The second-order valence-electron chi connectivity index (χ2n) is 8.19. The van der Waals surface area contributed by atoms with Crippen molar-refractivity contribution in [1.82, 2.24) is 10.1 Å². The fourth-order valence-corrected chi connectivity index (χ4v) is 4.08. The molecule has 0 unspecified atom stereocenters. The van der Waals surface area contributed by atoms with Gasteiger partial charge in [0.15, 0.2) is 0 Å². The molecule has 0 aromatic carbocycles. The number of likely N-dealkylation sites (N-methyl/N-ethyl adjacent to an activating group) is 1. The molecule has 3 rings (SSSR count). The maximum absolute atomic E-state index is 12.9. The van der Waals surface area contributed by atoms with Crippen molar-refractivity contribution in [2.45, 2.75) is 69.4 Å². The number of aliphatic hydroxyl groups is 1. The van der Waals surface area contributed by atoms with Crippen molar-refractivity contribution < 1.29 is 19.2 Å². The molecule has 2 N–H and O–H groups in total. The summed E-state index contributed by atoms with van der Waals surface area (Å²) in [4.78, 5) is 15.0. The van der Waals surface area contributed by atoms with Crippen LogP contribution in [0.25, 0.3) is 0 Å². The van der Waals surface area contributed by atoms with E-state index in [4.69, 9.17) is 9.26 Å². The van der Waals surface area contributed by atoms with Crippen molar-refractivity contribution >= 4 is 11.8 Å². The molecule has 1 amide bonds. The van der Waals surface area contributed by atoms with Crippen LogP contribution in [0.15, 0.2) is 10.6 Å². The van der Waals surface area contributed by atoms with Gasteiger partial charge in [-0.25, -0.2) is 0 Å². The van der Waals surface area contributed by atoms with Crippen molar-refractivity contribution in [2.24, 2.45) is 0 Å². The molecule has 146 valence electrons. The fourth-order valence-electron chi connectivity index (χ4n) is 4.08. The van der Waals surface area contributed by atoms with E-state index in [0.717, 1.165) is 57.4 Å². The lowest BCUT2D eigenvalue weighted by Crippen LogP contribution is -2.55. The van der Waals surface area contributed by atoms with Crippen LogP contribution in [-0.4, -0.2) is 59.5 Å². The molecule has 2 fully saturated rings. The van der Waals surface area contributed by atoms with Crippen LogP contribution in [0, 0.1) is 0 Å². The maximum Gasteiger partial charge on any atom is 0.246 e. The summed E-state index contributed by atoms with van der Waals surface area (Å²) in [6.45, 7) is 5.37. The van der Waals surface area contributed by atoms with Gasteiger partial charge in [-0.3, -0.25) is 15.0 Å². The molecular formula is C19H31N3O4. The molecule has 1 aliphatic carbocycles. The monoisotopic (exact) mass is 365 g/mol. The van der Waals surface area contributed by atoms with E-state index < -0.39 is 5.54 Å². The highest BCUT2D eigenvalue weighted by Crippen LogP contribution is 2.40. The number of carbonyl (C=O) groups is 1. The van der Waals surface area contributed by atoms with Crippen LogP contribution >= 0.6 is 0 Å². The highest BCUT2D eigenvalue weighted by atomic mass is 16.5. The van der Waals surface area contributed by atoms with Crippen molar-refractivity contribution in [2.75, 3.05) is 32.2 Å². The SMILES string of the molecule is CN(C1CCOCC1)C(C)(C)C(=O)Nc1cc(C2(CO)CCCC2)no1. The number of anilines is 1. The summed E-state index contributed by atoms with van der Waals surface area (Å²) in [5.41, 5.74) is -0.263. The molecule has 0 spiro atoms. The van der Waals surface area contributed by atoms with Gasteiger partial charge in [0.2, 0.25) is 11.8 Å². The van der Waals surface area contributed by atoms with Crippen LogP contribution in [0.5, 0.6) is 0 Å². The Labute approximate surface area is 155 Å². The molecule has 2 heterocycles. The quantitative estimate of drug-likeness (QED) is 0.804. The van der Waals surface area contributed by atoms with Gasteiger partial charge in [0.05, 0.1) is 17.8 Å². The third kappa shape index (κ3) is 3.66. The average molecular weight is 365 g/mol. The number of rotatable bonds is 6. The summed E-state index contributed by atoms with van der Waals surface area (Å²) in [5.74, 6) is 0.219. The van der Waals surface area contributed by atoms with Gasteiger partial charge in [-0.05, 0) is 46.6 Å². The van der Waals surface area contributed by atoms with Crippen molar-refractivity contribution in [3.63, 3.8) is 0 Å². The standard InChI is InChI=1S/C19H31N3O4/c1-18(2,22(3)14-6-10-25-11-7-14)17(24)20-16-12-15(21-26-16)19(13-23)8-4-5-9-19/h12,14,23H,4-11,13H2,1-3H3,(H,20,24).